The maximum Gasteiger partial charge on any atom is 0.129 e. The van der Waals surface area contributed by atoms with Crippen molar-refractivity contribution in [1.29, 1.82) is 0 Å². The van der Waals surface area contributed by atoms with E-state index in [4.69, 9.17) is 0 Å². The minimum absolute atomic E-state index is 0.447. The number of nitrogens with zero attached hydrogens (tertiary/aromatic N) is 1. The van der Waals surface area contributed by atoms with Crippen LogP contribution in [-0.2, 0) is 4.79 Å². The molecule has 24 heavy (non-hydrogen) atoms. The van der Waals surface area contributed by atoms with Crippen LogP contribution in [0.3, 0.4) is 0 Å². The van der Waals surface area contributed by atoms with E-state index in [0.717, 1.165) is 64.5 Å². The number of aliphatic hydroxyl groups excluding tert-OH is 1. The Bertz CT molecular complexity index is 336. The molecule has 1 N–H and O–H groups in total. The molecule has 2 atom stereocenters. The number of hydrogen-bond donors (Lipinski definition) is 1. The van der Waals surface area contributed by atoms with Gasteiger partial charge in [-0.3, -0.25) is 0 Å². The van der Waals surface area contributed by atoms with E-state index in [1.54, 1.807) is 0 Å². The highest BCUT2D eigenvalue weighted by molar-refractivity contribution is 5.69. The summed E-state index contributed by atoms with van der Waals surface area (Å²) in [5.74, 6) is -0.969. The van der Waals surface area contributed by atoms with Crippen molar-refractivity contribution in [1.82, 2.24) is 0 Å². The van der Waals surface area contributed by atoms with Crippen LogP contribution in [0.15, 0.2) is 12.7 Å². The van der Waals surface area contributed by atoms with Crippen LogP contribution in [0.5, 0.6) is 0 Å². The van der Waals surface area contributed by atoms with E-state index < -0.39 is 18.1 Å². The smallest absolute Gasteiger partial charge is 0.129 e. The van der Waals surface area contributed by atoms with Gasteiger partial charge in [-0.2, -0.15) is 0 Å². The Morgan fingerprint density at radius 2 is 1.71 bits per heavy atom. The molecule has 0 heterocycles. The number of hydrogen-bond acceptors (Lipinski definition) is 3. The van der Waals surface area contributed by atoms with Gasteiger partial charge in [0.25, 0.3) is 0 Å². The fourth-order valence-corrected chi connectivity index (χ4v) is 3.64. The zero-order valence-corrected chi connectivity index (χ0v) is 16.1. The SMILES string of the molecule is C=CCCCCC(O)C[N+](CCCC)(CCCC)C(CC)C(=O)[O-]. The summed E-state index contributed by atoms with van der Waals surface area (Å²) in [5, 5.41) is 22.3. The lowest BCUT2D eigenvalue weighted by molar-refractivity contribution is -0.948. The molecule has 0 bridgehead atoms. The van der Waals surface area contributed by atoms with E-state index in [-0.39, 0.29) is 0 Å². The molecule has 0 aliphatic carbocycles. The van der Waals surface area contributed by atoms with Crippen LogP contribution in [0.4, 0.5) is 0 Å². The van der Waals surface area contributed by atoms with Crippen molar-refractivity contribution in [3.05, 3.63) is 12.7 Å². The minimum atomic E-state index is -0.969. The van der Waals surface area contributed by atoms with Crippen molar-refractivity contribution >= 4 is 5.97 Å². The third kappa shape index (κ3) is 8.29. The Hall–Kier alpha value is -0.870. The molecule has 0 fully saturated rings. The van der Waals surface area contributed by atoms with E-state index in [0.29, 0.717) is 17.4 Å². The predicted octanol–water partition coefficient (Wildman–Crippen LogP) is 3.04. The Balaban J connectivity index is 5.14. The molecule has 0 saturated heterocycles. The van der Waals surface area contributed by atoms with Gasteiger partial charge < -0.3 is 19.5 Å². The molecule has 4 nitrogen and oxygen atoms in total. The van der Waals surface area contributed by atoms with Crippen LogP contribution in [0, 0.1) is 0 Å². The molecule has 0 aromatic carbocycles. The highest BCUT2D eigenvalue weighted by Gasteiger charge is 2.37. The monoisotopic (exact) mass is 341 g/mol. The number of carbonyl (C=O) groups is 1. The predicted molar refractivity (Wildman–Crippen MR) is 98.4 cm³/mol. The topological polar surface area (TPSA) is 60.4 Å². The number of aliphatic carboxylic acids is 1. The van der Waals surface area contributed by atoms with Crippen molar-refractivity contribution in [2.24, 2.45) is 0 Å². The first-order chi connectivity index (χ1) is 11.5. The summed E-state index contributed by atoms with van der Waals surface area (Å²) in [6.45, 7) is 12.0. The number of carboxylic acid groups (broad SMARTS) is 1. The molecule has 0 saturated carbocycles. The molecule has 0 radical (unpaired) electrons. The standard InChI is InChI=1S/C20H39NO3/c1-5-9-12-13-14-18(22)17-21(15-10-6-2,16-11-7-3)19(8-4)20(23)24/h5,18-19,22H,1,6-17H2,2-4H3. The number of allylic oxidation sites excluding steroid dienone is 1. The van der Waals surface area contributed by atoms with Crippen molar-refractivity contribution in [3.63, 3.8) is 0 Å². The molecule has 0 spiro atoms. The van der Waals surface area contributed by atoms with Gasteiger partial charge in [-0.25, -0.2) is 0 Å². The Morgan fingerprint density at radius 3 is 2.12 bits per heavy atom. The molecular formula is C20H39NO3. The first-order valence-corrected chi connectivity index (χ1v) is 9.82. The largest absolute Gasteiger partial charge is 0.544 e. The molecular weight excluding hydrogens is 302 g/mol. The summed E-state index contributed by atoms with van der Waals surface area (Å²) < 4.78 is 0.475. The molecule has 142 valence electrons. The third-order valence-electron chi connectivity index (χ3n) is 5.00. The van der Waals surface area contributed by atoms with Crippen molar-refractivity contribution < 1.29 is 19.5 Å². The molecule has 0 aromatic rings. The van der Waals surface area contributed by atoms with Crippen molar-refractivity contribution in [3.8, 4) is 0 Å². The summed E-state index contributed by atoms with van der Waals surface area (Å²) in [6.07, 6.45) is 9.72. The average Bonchev–Trinajstić information content (AvgIpc) is 2.55. The zero-order chi connectivity index (χ0) is 18.4. The van der Waals surface area contributed by atoms with E-state index in [2.05, 4.69) is 20.4 Å². The van der Waals surface area contributed by atoms with Crippen LogP contribution < -0.4 is 5.11 Å². The summed E-state index contributed by atoms with van der Waals surface area (Å²) in [7, 11) is 0. The second-order valence-corrected chi connectivity index (χ2v) is 7.03. The van der Waals surface area contributed by atoms with Crippen LogP contribution >= 0.6 is 0 Å². The molecule has 0 aliphatic rings. The summed E-state index contributed by atoms with van der Waals surface area (Å²) in [6, 6.07) is -0.522. The average molecular weight is 342 g/mol. The van der Waals surface area contributed by atoms with Crippen LogP contribution in [0.25, 0.3) is 0 Å². The summed E-state index contributed by atoms with van der Waals surface area (Å²) >= 11 is 0. The van der Waals surface area contributed by atoms with Crippen LogP contribution in [-0.4, -0.2) is 47.3 Å². The first kappa shape index (κ1) is 23.1. The second-order valence-electron chi connectivity index (χ2n) is 7.03. The third-order valence-corrected chi connectivity index (χ3v) is 5.00. The van der Waals surface area contributed by atoms with Gasteiger partial charge >= 0.3 is 0 Å². The fourth-order valence-electron chi connectivity index (χ4n) is 3.64. The number of aliphatic hydroxyl groups is 1. The number of rotatable bonds is 16. The van der Waals surface area contributed by atoms with E-state index in [1.165, 1.54) is 0 Å². The van der Waals surface area contributed by atoms with Gasteiger partial charge in [-0.15, -0.1) is 6.58 Å². The summed E-state index contributed by atoms with van der Waals surface area (Å²) in [4.78, 5) is 11.8. The number of carbonyl (C=O) groups excluding carboxylic acids is 1. The van der Waals surface area contributed by atoms with Crippen molar-refractivity contribution in [2.75, 3.05) is 19.6 Å². The zero-order valence-electron chi connectivity index (χ0n) is 16.1. The quantitative estimate of drug-likeness (QED) is 0.267. The second kappa shape index (κ2) is 13.4. The first-order valence-electron chi connectivity index (χ1n) is 9.82. The van der Waals surface area contributed by atoms with Crippen LogP contribution in [0.2, 0.25) is 0 Å². The Morgan fingerprint density at radius 1 is 1.12 bits per heavy atom. The van der Waals surface area contributed by atoms with Gasteiger partial charge in [-0.05, 0) is 32.1 Å². The Labute approximate surface area is 149 Å². The molecule has 0 amide bonds. The molecule has 0 rings (SSSR count). The lowest BCUT2D eigenvalue weighted by Crippen LogP contribution is -2.64. The maximum absolute atomic E-state index is 11.8. The maximum atomic E-state index is 11.8. The van der Waals surface area contributed by atoms with Gasteiger partial charge in [0.05, 0.1) is 19.1 Å². The van der Waals surface area contributed by atoms with Crippen LogP contribution in [0.1, 0.15) is 78.6 Å². The highest BCUT2D eigenvalue weighted by Crippen LogP contribution is 2.23. The number of carboxylic acids is 1. The lowest BCUT2D eigenvalue weighted by atomic mass is 10.0. The highest BCUT2D eigenvalue weighted by atomic mass is 16.4. The summed E-state index contributed by atoms with van der Waals surface area (Å²) in [5.41, 5.74) is 0. The molecule has 0 aromatic heterocycles. The number of quaternary nitrogens is 1. The van der Waals surface area contributed by atoms with Crippen molar-refractivity contribution in [2.45, 2.75) is 90.7 Å². The van der Waals surface area contributed by atoms with E-state index >= 15 is 0 Å². The van der Waals surface area contributed by atoms with E-state index in [1.807, 2.05) is 13.0 Å². The number of unbranched alkanes of at least 4 members (excludes halogenated alkanes) is 4. The molecule has 0 aliphatic heterocycles. The van der Waals surface area contributed by atoms with Gasteiger partial charge in [0, 0.05) is 6.42 Å². The molecule has 2 unspecified atom stereocenters. The Kier molecular flexibility index (Phi) is 12.9. The lowest BCUT2D eigenvalue weighted by Gasteiger charge is -2.46. The van der Waals surface area contributed by atoms with Gasteiger partial charge in [0.1, 0.15) is 18.7 Å². The minimum Gasteiger partial charge on any atom is -0.544 e. The van der Waals surface area contributed by atoms with Gasteiger partial charge in [-0.1, -0.05) is 46.1 Å². The molecule has 4 heteroatoms. The van der Waals surface area contributed by atoms with E-state index in [9.17, 15) is 15.0 Å². The van der Waals surface area contributed by atoms with Gasteiger partial charge in [0.15, 0.2) is 0 Å². The fraction of sp³-hybridized carbons (Fsp3) is 0.850. The normalized spacial score (nSPS) is 14.3. The van der Waals surface area contributed by atoms with Gasteiger partial charge in [0.2, 0.25) is 0 Å².